The minimum Gasteiger partial charge on any atom is -0.465 e. The standard InChI is InChI=1S/C22H26FN5O4S/c1-4-27(5-2)33(30,31)18-8-6-7-15(11-18)19-12-16(22(29)32-3)13-20-21(19)25-26-28(20)14-17(23)9-10-24/h6-9,11-13H,4-5,10,14,24H2,1-3H3/b17-9-. The number of halogens is 1. The summed E-state index contributed by atoms with van der Waals surface area (Å²) in [6.07, 6.45) is 1.22. The van der Waals surface area contributed by atoms with Crippen LogP contribution in [-0.4, -0.2) is 60.4 Å². The Kier molecular flexibility index (Phi) is 7.57. The number of hydrogen-bond acceptors (Lipinski definition) is 7. The molecule has 3 rings (SSSR count). The lowest BCUT2D eigenvalue weighted by molar-refractivity contribution is 0.0601. The predicted molar refractivity (Wildman–Crippen MR) is 123 cm³/mol. The van der Waals surface area contributed by atoms with E-state index in [4.69, 9.17) is 10.5 Å². The van der Waals surface area contributed by atoms with Gasteiger partial charge in [-0.15, -0.1) is 5.10 Å². The molecule has 0 radical (unpaired) electrons. The summed E-state index contributed by atoms with van der Waals surface area (Å²) in [7, 11) is -2.45. The second kappa shape index (κ2) is 10.2. The van der Waals surface area contributed by atoms with Crippen molar-refractivity contribution < 1.29 is 22.3 Å². The van der Waals surface area contributed by atoms with E-state index in [1.54, 1.807) is 32.0 Å². The maximum atomic E-state index is 14.1. The number of sulfonamides is 1. The number of allylic oxidation sites excluding steroid dienone is 1. The molecule has 3 aromatic rings. The molecule has 11 heteroatoms. The average molecular weight is 476 g/mol. The number of carbonyl (C=O) groups is 1. The zero-order valence-corrected chi connectivity index (χ0v) is 19.5. The number of rotatable bonds is 9. The minimum atomic E-state index is -3.70. The summed E-state index contributed by atoms with van der Waals surface area (Å²) >= 11 is 0. The molecule has 0 saturated heterocycles. The van der Waals surface area contributed by atoms with Crippen molar-refractivity contribution in [2.24, 2.45) is 5.73 Å². The van der Waals surface area contributed by atoms with Gasteiger partial charge >= 0.3 is 5.97 Å². The van der Waals surface area contributed by atoms with E-state index in [9.17, 15) is 17.6 Å². The van der Waals surface area contributed by atoms with Crippen LogP contribution in [0.2, 0.25) is 0 Å². The molecule has 2 N–H and O–H groups in total. The van der Waals surface area contributed by atoms with Gasteiger partial charge in [-0.3, -0.25) is 0 Å². The third kappa shape index (κ3) is 4.95. The monoisotopic (exact) mass is 475 g/mol. The summed E-state index contributed by atoms with van der Waals surface area (Å²) in [5, 5.41) is 8.19. The highest BCUT2D eigenvalue weighted by molar-refractivity contribution is 7.89. The van der Waals surface area contributed by atoms with Crippen LogP contribution in [0.5, 0.6) is 0 Å². The highest BCUT2D eigenvalue weighted by Gasteiger charge is 2.23. The van der Waals surface area contributed by atoms with Gasteiger partial charge in [-0.05, 0) is 35.9 Å². The Morgan fingerprint density at radius 2 is 1.97 bits per heavy atom. The van der Waals surface area contributed by atoms with Crippen LogP contribution in [0.4, 0.5) is 4.39 Å². The van der Waals surface area contributed by atoms with Gasteiger partial charge in [0.25, 0.3) is 0 Å². The molecule has 0 unspecified atom stereocenters. The summed E-state index contributed by atoms with van der Waals surface area (Å²) < 4.78 is 47.6. The molecule has 0 spiro atoms. The van der Waals surface area contributed by atoms with Crippen LogP contribution < -0.4 is 5.73 Å². The van der Waals surface area contributed by atoms with Crippen molar-refractivity contribution in [3.63, 3.8) is 0 Å². The molecule has 0 aliphatic carbocycles. The van der Waals surface area contributed by atoms with Crippen LogP contribution in [0.1, 0.15) is 24.2 Å². The summed E-state index contributed by atoms with van der Waals surface area (Å²) in [4.78, 5) is 12.4. The van der Waals surface area contributed by atoms with E-state index < -0.39 is 21.8 Å². The van der Waals surface area contributed by atoms with Crippen molar-refractivity contribution in [2.45, 2.75) is 25.3 Å². The van der Waals surface area contributed by atoms with Crippen molar-refractivity contribution in [3.05, 3.63) is 53.9 Å². The average Bonchev–Trinajstić information content (AvgIpc) is 3.21. The number of hydrogen-bond donors (Lipinski definition) is 1. The number of benzene rings is 2. The first kappa shape index (κ1) is 24.5. The van der Waals surface area contributed by atoms with E-state index in [-0.39, 0.29) is 23.5 Å². The lowest BCUT2D eigenvalue weighted by Crippen LogP contribution is -2.30. The third-order valence-electron chi connectivity index (χ3n) is 5.17. The molecule has 0 aliphatic heterocycles. The maximum absolute atomic E-state index is 14.1. The molecule has 2 aromatic carbocycles. The second-order valence-electron chi connectivity index (χ2n) is 7.13. The van der Waals surface area contributed by atoms with Gasteiger partial charge in [-0.1, -0.05) is 31.2 Å². The van der Waals surface area contributed by atoms with Crippen molar-refractivity contribution in [3.8, 4) is 11.1 Å². The van der Waals surface area contributed by atoms with Gasteiger partial charge in [0.2, 0.25) is 10.0 Å². The Labute approximate surface area is 191 Å². The molecular weight excluding hydrogens is 449 g/mol. The van der Waals surface area contributed by atoms with Gasteiger partial charge in [-0.25, -0.2) is 22.3 Å². The van der Waals surface area contributed by atoms with Crippen molar-refractivity contribution in [1.29, 1.82) is 0 Å². The van der Waals surface area contributed by atoms with E-state index >= 15 is 0 Å². The number of carbonyl (C=O) groups excluding carboxylic acids is 1. The van der Waals surface area contributed by atoms with Gasteiger partial charge in [0, 0.05) is 25.2 Å². The molecule has 9 nitrogen and oxygen atoms in total. The molecule has 0 bridgehead atoms. The molecule has 176 valence electrons. The van der Waals surface area contributed by atoms with Gasteiger partial charge in [0.05, 0.1) is 29.6 Å². The predicted octanol–water partition coefficient (Wildman–Crippen LogP) is 2.73. The summed E-state index contributed by atoms with van der Waals surface area (Å²) in [6.45, 7) is 4.03. The normalized spacial score (nSPS) is 12.5. The number of esters is 1. The SMILES string of the molecule is CCN(CC)S(=O)(=O)c1cccc(-c2cc(C(=O)OC)cc3c2nnn3C/C(F)=C/CN)c1. The highest BCUT2D eigenvalue weighted by Crippen LogP contribution is 2.31. The van der Waals surface area contributed by atoms with Crippen molar-refractivity contribution >= 4 is 27.0 Å². The zero-order valence-electron chi connectivity index (χ0n) is 18.7. The number of aromatic nitrogens is 3. The smallest absolute Gasteiger partial charge is 0.337 e. The molecule has 0 atom stereocenters. The fraction of sp³-hybridized carbons (Fsp3) is 0.318. The van der Waals surface area contributed by atoms with Crippen molar-refractivity contribution in [2.75, 3.05) is 26.7 Å². The van der Waals surface area contributed by atoms with Gasteiger partial charge in [0.1, 0.15) is 11.3 Å². The Balaban J connectivity index is 2.22. The Morgan fingerprint density at radius 1 is 1.24 bits per heavy atom. The van der Waals surface area contributed by atoms with E-state index in [1.807, 2.05) is 0 Å². The number of methoxy groups -OCH3 is 1. The van der Waals surface area contributed by atoms with Crippen LogP contribution in [0.25, 0.3) is 22.2 Å². The van der Waals surface area contributed by atoms with Crippen LogP contribution >= 0.6 is 0 Å². The van der Waals surface area contributed by atoms with Crippen molar-refractivity contribution in [1.82, 2.24) is 19.3 Å². The Bertz CT molecular complexity index is 1300. The largest absolute Gasteiger partial charge is 0.465 e. The molecular formula is C22H26FN5O4S. The first-order valence-corrected chi connectivity index (χ1v) is 11.8. The van der Waals surface area contributed by atoms with E-state index in [2.05, 4.69) is 10.3 Å². The fourth-order valence-corrected chi connectivity index (χ4v) is 5.02. The van der Waals surface area contributed by atoms with E-state index in [1.165, 1.54) is 40.4 Å². The van der Waals surface area contributed by atoms with Crippen LogP contribution in [0.3, 0.4) is 0 Å². The summed E-state index contributed by atoms with van der Waals surface area (Å²) in [5.74, 6) is -1.10. The molecule has 1 heterocycles. The lowest BCUT2D eigenvalue weighted by Gasteiger charge is -2.19. The maximum Gasteiger partial charge on any atom is 0.337 e. The fourth-order valence-electron chi connectivity index (χ4n) is 3.51. The molecule has 33 heavy (non-hydrogen) atoms. The third-order valence-corrected chi connectivity index (χ3v) is 7.22. The Morgan fingerprint density at radius 3 is 2.61 bits per heavy atom. The second-order valence-corrected chi connectivity index (χ2v) is 9.07. The Hall–Kier alpha value is -3.15. The molecule has 0 aliphatic rings. The van der Waals surface area contributed by atoms with E-state index in [0.717, 1.165) is 0 Å². The summed E-state index contributed by atoms with van der Waals surface area (Å²) in [6, 6.07) is 9.44. The van der Waals surface area contributed by atoms with Gasteiger partial charge in [-0.2, -0.15) is 4.31 Å². The molecule has 0 fully saturated rings. The number of ether oxygens (including phenoxy) is 1. The number of nitrogens with zero attached hydrogens (tertiary/aromatic N) is 4. The summed E-state index contributed by atoms with van der Waals surface area (Å²) in [5.41, 5.74) is 7.34. The first-order valence-electron chi connectivity index (χ1n) is 10.4. The number of nitrogens with two attached hydrogens (primary N) is 1. The van der Waals surface area contributed by atoms with E-state index in [0.29, 0.717) is 35.2 Å². The van der Waals surface area contributed by atoms with Crippen LogP contribution in [-0.2, 0) is 21.3 Å². The van der Waals surface area contributed by atoms with Crippen LogP contribution in [0, 0.1) is 0 Å². The molecule has 1 aromatic heterocycles. The lowest BCUT2D eigenvalue weighted by atomic mass is 10.0. The van der Waals surface area contributed by atoms with Gasteiger partial charge in [0.15, 0.2) is 0 Å². The molecule has 0 saturated carbocycles. The highest BCUT2D eigenvalue weighted by atomic mass is 32.2. The minimum absolute atomic E-state index is 0.0327. The zero-order chi connectivity index (χ0) is 24.2. The van der Waals surface area contributed by atoms with Gasteiger partial charge < -0.3 is 10.5 Å². The first-order chi connectivity index (χ1) is 15.8. The molecule has 0 amide bonds. The number of fused-ring (bicyclic) bond motifs is 1. The van der Waals surface area contributed by atoms with Crippen LogP contribution in [0.15, 0.2) is 53.2 Å². The topological polar surface area (TPSA) is 120 Å². The quantitative estimate of drug-likeness (QED) is 0.473.